The molecule has 4 amide bonds. The van der Waals surface area contributed by atoms with Crippen LogP contribution in [0.15, 0.2) is 48.5 Å². The zero-order chi connectivity index (χ0) is 21.2. The summed E-state index contributed by atoms with van der Waals surface area (Å²) in [5, 5.41) is 14.4. The van der Waals surface area contributed by atoms with Gasteiger partial charge in [-0.25, -0.2) is 4.79 Å². The average Bonchev–Trinajstić information content (AvgIpc) is 2.92. The topological polar surface area (TPSA) is 102 Å². The number of hydrogen-bond donors (Lipinski definition) is 2. The van der Waals surface area contributed by atoms with Crippen LogP contribution in [-0.2, 0) is 15.1 Å². The Kier molecular flexibility index (Phi) is 5.37. The molecule has 2 aromatic carbocycles. The highest BCUT2D eigenvalue weighted by atomic mass is 16.2. The van der Waals surface area contributed by atoms with Gasteiger partial charge in [-0.3, -0.25) is 14.5 Å². The van der Waals surface area contributed by atoms with Crippen LogP contribution >= 0.6 is 0 Å². The van der Waals surface area contributed by atoms with Crippen LogP contribution in [0.3, 0.4) is 0 Å². The Bertz CT molecular complexity index is 1010. The molecule has 148 valence electrons. The summed E-state index contributed by atoms with van der Waals surface area (Å²) in [6.45, 7) is 5.03. The van der Waals surface area contributed by atoms with Crippen molar-refractivity contribution in [2.45, 2.75) is 32.4 Å². The number of nitrogens with one attached hydrogen (secondary N) is 2. The van der Waals surface area contributed by atoms with E-state index in [0.29, 0.717) is 11.1 Å². The average molecular weight is 390 g/mol. The number of urea groups is 1. The minimum atomic E-state index is -1.28. The van der Waals surface area contributed by atoms with Crippen LogP contribution in [0.25, 0.3) is 0 Å². The van der Waals surface area contributed by atoms with Crippen LogP contribution in [0.5, 0.6) is 0 Å². The smallest absolute Gasteiger partial charge is 0.325 e. The van der Waals surface area contributed by atoms with Crippen LogP contribution in [0.2, 0.25) is 0 Å². The fourth-order valence-electron chi connectivity index (χ4n) is 3.50. The molecule has 0 saturated carbocycles. The molecule has 3 rings (SSSR count). The first-order valence-electron chi connectivity index (χ1n) is 9.26. The monoisotopic (exact) mass is 390 g/mol. The molecule has 29 heavy (non-hydrogen) atoms. The molecule has 2 aromatic rings. The number of nitriles is 1. The van der Waals surface area contributed by atoms with Crippen LogP contribution < -0.4 is 10.6 Å². The van der Waals surface area contributed by atoms with E-state index in [1.807, 2.05) is 44.2 Å². The Labute approximate surface area is 169 Å². The number of aryl methyl sites for hydroxylation is 1. The maximum absolute atomic E-state index is 12.9. The van der Waals surface area contributed by atoms with E-state index in [0.717, 1.165) is 16.0 Å². The molecule has 0 spiro atoms. The first kappa shape index (κ1) is 20.1. The van der Waals surface area contributed by atoms with Crippen LogP contribution in [0, 0.1) is 18.3 Å². The van der Waals surface area contributed by atoms with Gasteiger partial charge in [-0.2, -0.15) is 5.26 Å². The third-order valence-electron chi connectivity index (χ3n) is 5.20. The highest BCUT2D eigenvalue weighted by molar-refractivity contribution is 6.09. The fraction of sp³-hybridized carbons (Fsp3) is 0.273. The van der Waals surface area contributed by atoms with Crippen molar-refractivity contribution in [1.29, 1.82) is 5.26 Å². The van der Waals surface area contributed by atoms with Crippen molar-refractivity contribution in [1.82, 2.24) is 15.5 Å². The minimum Gasteiger partial charge on any atom is -0.348 e. The van der Waals surface area contributed by atoms with Crippen molar-refractivity contribution in [2.24, 2.45) is 0 Å². The van der Waals surface area contributed by atoms with E-state index in [1.165, 1.54) is 0 Å². The van der Waals surface area contributed by atoms with E-state index < -0.39 is 23.4 Å². The first-order valence-corrected chi connectivity index (χ1v) is 9.26. The maximum atomic E-state index is 12.9. The lowest BCUT2D eigenvalue weighted by Gasteiger charge is -2.22. The summed E-state index contributed by atoms with van der Waals surface area (Å²) in [4.78, 5) is 38.7. The highest BCUT2D eigenvalue weighted by Crippen LogP contribution is 2.29. The third kappa shape index (κ3) is 3.83. The second-order valence-corrected chi connectivity index (χ2v) is 7.28. The van der Waals surface area contributed by atoms with Crippen molar-refractivity contribution in [3.05, 3.63) is 70.8 Å². The summed E-state index contributed by atoms with van der Waals surface area (Å²) in [5.41, 5.74) is 1.73. The third-order valence-corrected chi connectivity index (χ3v) is 5.20. The SMILES string of the molecule is Cc1ccccc1C(C)NC(=O)CN1C(=O)NC(C)(c2ccc(C#N)cc2)C1=O. The van der Waals surface area contributed by atoms with E-state index in [2.05, 4.69) is 10.6 Å². The Morgan fingerprint density at radius 1 is 1.21 bits per heavy atom. The lowest BCUT2D eigenvalue weighted by Crippen LogP contribution is -2.43. The van der Waals surface area contributed by atoms with Crippen molar-refractivity contribution >= 4 is 17.8 Å². The molecule has 7 nitrogen and oxygen atoms in total. The lowest BCUT2D eigenvalue weighted by molar-refractivity contribution is -0.135. The summed E-state index contributed by atoms with van der Waals surface area (Å²) in [7, 11) is 0. The van der Waals surface area contributed by atoms with Crippen molar-refractivity contribution in [3.8, 4) is 6.07 Å². The Hall–Kier alpha value is -3.66. The summed E-state index contributed by atoms with van der Waals surface area (Å²) in [5.74, 6) is -0.931. The van der Waals surface area contributed by atoms with E-state index in [4.69, 9.17) is 5.26 Å². The molecule has 2 atom stereocenters. The van der Waals surface area contributed by atoms with E-state index in [-0.39, 0.29) is 12.6 Å². The summed E-state index contributed by atoms with van der Waals surface area (Å²) in [6.07, 6.45) is 0. The molecule has 0 radical (unpaired) electrons. The molecule has 1 aliphatic rings. The predicted molar refractivity (Wildman–Crippen MR) is 106 cm³/mol. The summed E-state index contributed by atoms with van der Waals surface area (Å²) < 4.78 is 0. The molecule has 2 N–H and O–H groups in total. The Morgan fingerprint density at radius 2 is 1.86 bits per heavy atom. The number of carbonyl (C=O) groups is 3. The molecule has 1 heterocycles. The number of amides is 4. The summed E-state index contributed by atoms with van der Waals surface area (Å²) >= 11 is 0. The van der Waals surface area contributed by atoms with Gasteiger partial charge < -0.3 is 10.6 Å². The molecule has 1 fully saturated rings. The highest BCUT2D eigenvalue weighted by Gasteiger charge is 2.49. The van der Waals surface area contributed by atoms with Gasteiger partial charge in [-0.1, -0.05) is 36.4 Å². The van der Waals surface area contributed by atoms with Gasteiger partial charge in [0.25, 0.3) is 5.91 Å². The predicted octanol–water partition coefficient (Wildman–Crippen LogP) is 2.51. The van der Waals surface area contributed by atoms with Gasteiger partial charge in [0.15, 0.2) is 0 Å². The molecular weight excluding hydrogens is 368 g/mol. The van der Waals surface area contributed by atoms with E-state index in [1.54, 1.807) is 31.2 Å². The lowest BCUT2D eigenvalue weighted by atomic mass is 9.91. The molecule has 1 aliphatic heterocycles. The number of rotatable bonds is 5. The minimum absolute atomic E-state index is 0.255. The van der Waals surface area contributed by atoms with Gasteiger partial charge >= 0.3 is 6.03 Å². The summed E-state index contributed by atoms with van der Waals surface area (Å²) in [6, 6.07) is 15.2. The molecule has 0 bridgehead atoms. The maximum Gasteiger partial charge on any atom is 0.325 e. The molecule has 7 heteroatoms. The fourth-order valence-corrected chi connectivity index (χ4v) is 3.50. The standard InChI is InChI=1S/C22H22N4O3/c1-14-6-4-5-7-18(14)15(2)24-19(27)13-26-20(28)22(3,25-21(26)29)17-10-8-16(12-23)9-11-17/h4-11,15H,13H2,1-3H3,(H,24,27)(H,25,29). The second kappa shape index (κ2) is 7.76. The van der Waals surface area contributed by atoms with Crippen molar-refractivity contribution < 1.29 is 14.4 Å². The number of hydrogen-bond acceptors (Lipinski definition) is 4. The molecule has 0 aromatic heterocycles. The molecule has 0 aliphatic carbocycles. The van der Waals surface area contributed by atoms with Crippen LogP contribution in [0.1, 0.15) is 42.1 Å². The van der Waals surface area contributed by atoms with Gasteiger partial charge in [0.1, 0.15) is 12.1 Å². The number of imide groups is 1. The van der Waals surface area contributed by atoms with Gasteiger partial charge in [-0.15, -0.1) is 0 Å². The quantitative estimate of drug-likeness (QED) is 0.766. The Morgan fingerprint density at radius 3 is 2.48 bits per heavy atom. The van der Waals surface area contributed by atoms with E-state index in [9.17, 15) is 14.4 Å². The molecule has 2 unspecified atom stereocenters. The number of benzene rings is 2. The normalized spacial score (nSPS) is 19.4. The van der Waals surface area contributed by atoms with Gasteiger partial charge in [0.2, 0.25) is 5.91 Å². The zero-order valence-corrected chi connectivity index (χ0v) is 16.5. The molecule has 1 saturated heterocycles. The second-order valence-electron chi connectivity index (χ2n) is 7.28. The number of carbonyl (C=O) groups excluding carboxylic acids is 3. The van der Waals surface area contributed by atoms with Crippen molar-refractivity contribution in [3.63, 3.8) is 0 Å². The van der Waals surface area contributed by atoms with Gasteiger partial charge in [-0.05, 0) is 49.6 Å². The first-order chi connectivity index (χ1) is 13.8. The van der Waals surface area contributed by atoms with Crippen LogP contribution in [0.4, 0.5) is 4.79 Å². The van der Waals surface area contributed by atoms with Crippen molar-refractivity contribution in [2.75, 3.05) is 6.54 Å². The van der Waals surface area contributed by atoms with E-state index >= 15 is 0 Å². The van der Waals surface area contributed by atoms with Crippen LogP contribution in [-0.4, -0.2) is 29.3 Å². The molecular formula is C22H22N4O3. The zero-order valence-electron chi connectivity index (χ0n) is 16.5. The Balaban J connectivity index is 1.72. The largest absolute Gasteiger partial charge is 0.348 e. The van der Waals surface area contributed by atoms with Gasteiger partial charge in [0, 0.05) is 0 Å². The van der Waals surface area contributed by atoms with Gasteiger partial charge in [0.05, 0.1) is 17.7 Å². The number of nitrogens with zero attached hydrogens (tertiary/aromatic N) is 2.